The zero-order valence-corrected chi connectivity index (χ0v) is 15.8. The third kappa shape index (κ3) is 2.14. The van der Waals surface area contributed by atoms with E-state index in [1.54, 1.807) is 0 Å². The Bertz CT molecular complexity index is 528. The van der Waals surface area contributed by atoms with E-state index in [1.807, 2.05) is 0 Å². The van der Waals surface area contributed by atoms with Crippen LogP contribution in [0.15, 0.2) is 12.2 Å². The molecule has 2 N–H and O–H groups in total. The molecule has 0 amide bonds. The van der Waals surface area contributed by atoms with Gasteiger partial charge in [-0.2, -0.15) is 0 Å². The van der Waals surface area contributed by atoms with Crippen molar-refractivity contribution in [2.45, 2.75) is 84.3 Å². The lowest BCUT2D eigenvalue weighted by molar-refractivity contribution is -0.168. The maximum absolute atomic E-state index is 11.3. The molecule has 4 aliphatic carbocycles. The van der Waals surface area contributed by atoms with Gasteiger partial charge < -0.3 is 10.2 Å². The van der Waals surface area contributed by atoms with Gasteiger partial charge in [0, 0.05) is 5.41 Å². The number of hydrogen-bond acceptors (Lipinski definition) is 2. The highest BCUT2D eigenvalue weighted by atomic mass is 16.3. The molecule has 136 valence electrons. The Morgan fingerprint density at radius 2 is 1.71 bits per heavy atom. The lowest BCUT2D eigenvalue weighted by Gasteiger charge is -2.62. The number of hydrogen-bond donors (Lipinski definition) is 2. The molecule has 2 nitrogen and oxygen atoms in total. The number of aliphatic hydroxyl groups is 2. The Morgan fingerprint density at radius 1 is 0.958 bits per heavy atom. The van der Waals surface area contributed by atoms with E-state index >= 15 is 0 Å². The second kappa shape index (κ2) is 5.58. The molecule has 4 fully saturated rings. The first-order chi connectivity index (χ1) is 11.3. The van der Waals surface area contributed by atoms with Crippen LogP contribution in [-0.2, 0) is 0 Å². The van der Waals surface area contributed by atoms with E-state index in [4.69, 9.17) is 0 Å². The largest absolute Gasteiger partial charge is 0.393 e. The van der Waals surface area contributed by atoms with E-state index in [9.17, 15) is 10.2 Å². The quantitative estimate of drug-likeness (QED) is 0.691. The molecular formula is C22H36O2. The Balaban J connectivity index is 1.66. The fourth-order valence-corrected chi connectivity index (χ4v) is 8.00. The highest BCUT2D eigenvalue weighted by Crippen LogP contribution is 2.68. The van der Waals surface area contributed by atoms with Crippen molar-refractivity contribution in [3.05, 3.63) is 12.2 Å². The van der Waals surface area contributed by atoms with Crippen LogP contribution in [-0.4, -0.2) is 22.4 Å². The molecule has 0 bridgehead atoms. The van der Waals surface area contributed by atoms with E-state index in [0.717, 1.165) is 31.6 Å². The topological polar surface area (TPSA) is 40.5 Å². The van der Waals surface area contributed by atoms with E-state index in [1.165, 1.54) is 31.3 Å². The molecule has 0 aromatic heterocycles. The van der Waals surface area contributed by atoms with Crippen LogP contribution in [0.1, 0.15) is 72.1 Å². The van der Waals surface area contributed by atoms with Gasteiger partial charge in [-0.05, 0) is 93.3 Å². The fraction of sp³-hybridized carbons (Fsp3) is 0.909. The highest BCUT2D eigenvalue weighted by Gasteiger charge is 2.63. The molecule has 0 aromatic rings. The van der Waals surface area contributed by atoms with Crippen LogP contribution in [0.4, 0.5) is 0 Å². The van der Waals surface area contributed by atoms with Crippen molar-refractivity contribution in [1.82, 2.24) is 0 Å². The van der Waals surface area contributed by atoms with Crippen LogP contribution in [0.25, 0.3) is 0 Å². The molecule has 0 unspecified atom stereocenters. The Labute approximate surface area is 147 Å². The first kappa shape index (κ1) is 17.1. The first-order valence-electron chi connectivity index (χ1n) is 10.3. The third-order valence-corrected chi connectivity index (χ3v) is 9.34. The lowest BCUT2D eigenvalue weighted by atomic mass is 9.44. The van der Waals surface area contributed by atoms with Crippen molar-refractivity contribution in [3.63, 3.8) is 0 Å². The van der Waals surface area contributed by atoms with Crippen molar-refractivity contribution in [1.29, 1.82) is 0 Å². The van der Waals surface area contributed by atoms with Gasteiger partial charge in [0.05, 0.1) is 12.2 Å². The molecule has 0 radical (unpaired) electrons. The van der Waals surface area contributed by atoms with Gasteiger partial charge in [-0.1, -0.05) is 26.0 Å². The van der Waals surface area contributed by atoms with E-state index in [2.05, 4.69) is 27.4 Å². The summed E-state index contributed by atoms with van der Waals surface area (Å²) < 4.78 is 0. The smallest absolute Gasteiger partial charge is 0.0605 e. The van der Waals surface area contributed by atoms with Crippen LogP contribution in [0.2, 0.25) is 0 Å². The van der Waals surface area contributed by atoms with Crippen molar-refractivity contribution >= 4 is 0 Å². The monoisotopic (exact) mass is 332 g/mol. The van der Waals surface area contributed by atoms with Gasteiger partial charge in [0.2, 0.25) is 0 Å². The summed E-state index contributed by atoms with van der Waals surface area (Å²) in [5.74, 6) is 3.26. The summed E-state index contributed by atoms with van der Waals surface area (Å²) in [4.78, 5) is 0. The SMILES string of the molecule is C=C(C)[C@H]1CC[C@H]2[C@@H]3CC[C@@H]4C[C@H](O)CC[C@]4(C)[C@H]3C[C@H](O)[C@]12C. The average Bonchev–Trinajstić information content (AvgIpc) is 2.88. The van der Waals surface area contributed by atoms with Gasteiger partial charge in [-0.3, -0.25) is 0 Å². The van der Waals surface area contributed by atoms with E-state index in [0.29, 0.717) is 29.1 Å². The first-order valence-corrected chi connectivity index (χ1v) is 10.3. The molecule has 4 rings (SSSR count). The molecule has 0 spiro atoms. The van der Waals surface area contributed by atoms with Crippen LogP contribution in [0, 0.1) is 40.4 Å². The Kier molecular flexibility index (Phi) is 3.97. The van der Waals surface area contributed by atoms with Crippen molar-refractivity contribution in [3.8, 4) is 0 Å². The minimum atomic E-state index is -0.185. The summed E-state index contributed by atoms with van der Waals surface area (Å²) in [6.45, 7) is 11.3. The third-order valence-electron chi connectivity index (χ3n) is 9.34. The van der Waals surface area contributed by atoms with Crippen LogP contribution < -0.4 is 0 Å². The minimum absolute atomic E-state index is 0.0460. The summed E-state index contributed by atoms with van der Waals surface area (Å²) >= 11 is 0. The second-order valence-electron chi connectivity index (χ2n) is 10.2. The van der Waals surface area contributed by atoms with Gasteiger partial charge in [-0.15, -0.1) is 0 Å². The molecule has 9 atom stereocenters. The summed E-state index contributed by atoms with van der Waals surface area (Å²) in [7, 11) is 0. The van der Waals surface area contributed by atoms with E-state index < -0.39 is 0 Å². The predicted molar refractivity (Wildman–Crippen MR) is 97.4 cm³/mol. The molecule has 4 saturated carbocycles. The molecule has 0 aromatic carbocycles. The summed E-state index contributed by atoms with van der Waals surface area (Å²) in [6, 6.07) is 0. The molecule has 24 heavy (non-hydrogen) atoms. The zero-order valence-electron chi connectivity index (χ0n) is 15.8. The number of allylic oxidation sites excluding steroid dienone is 1. The summed E-state index contributed by atoms with van der Waals surface area (Å²) in [6.07, 6.45) is 8.90. The maximum Gasteiger partial charge on any atom is 0.0605 e. The highest BCUT2D eigenvalue weighted by molar-refractivity contribution is 5.17. The number of fused-ring (bicyclic) bond motifs is 5. The lowest BCUT2D eigenvalue weighted by Crippen LogP contribution is -2.58. The minimum Gasteiger partial charge on any atom is -0.393 e. The van der Waals surface area contributed by atoms with Crippen molar-refractivity contribution in [2.24, 2.45) is 40.4 Å². The van der Waals surface area contributed by atoms with E-state index in [-0.39, 0.29) is 17.6 Å². The van der Waals surface area contributed by atoms with Crippen LogP contribution in [0.3, 0.4) is 0 Å². The van der Waals surface area contributed by atoms with Crippen molar-refractivity contribution in [2.75, 3.05) is 0 Å². The average molecular weight is 333 g/mol. The standard InChI is InChI=1S/C22H36O2/c1-13(2)17-7-8-18-16-6-5-14-11-15(23)9-10-21(14,3)19(16)12-20(24)22(17,18)4/h14-20,23-24H,1,5-12H2,2-4H3/t14-,15-,16+,17-,18+,19+,20+,21+,22-/m1/s1. The second-order valence-corrected chi connectivity index (χ2v) is 10.2. The van der Waals surface area contributed by atoms with Gasteiger partial charge in [0.15, 0.2) is 0 Å². The molecular weight excluding hydrogens is 296 g/mol. The molecule has 0 saturated heterocycles. The predicted octanol–water partition coefficient (Wildman–Crippen LogP) is 4.55. The zero-order chi connectivity index (χ0) is 17.3. The molecule has 0 aliphatic heterocycles. The maximum atomic E-state index is 11.3. The molecule has 0 heterocycles. The Hall–Kier alpha value is -0.340. The fourth-order valence-electron chi connectivity index (χ4n) is 8.00. The van der Waals surface area contributed by atoms with Gasteiger partial charge >= 0.3 is 0 Å². The summed E-state index contributed by atoms with van der Waals surface area (Å²) in [5.41, 5.74) is 1.66. The molecule has 4 aliphatic rings. The normalized spacial score (nSPS) is 57.0. The van der Waals surface area contributed by atoms with Gasteiger partial charge in [0.1, 0.15) is 0 Å². The Morgan fingerprint density at radius 3 is 2.42 bits per heavy atom. The van der Waals surface area contributed by atoms with Crippen LogP contribution >= 0.6 is 0 Å². The van der Waals surface area contributed by atoms with Gasteiger partial charge in [-0.25, -0.2) is 0 Å². The number of rotatable bonds is 1. The number of aliphatic hydroxyl groups excluding tert-OH is 2. The molecule has 2 heteroatoms. The van der Waals surface area contributed by atoms with Crippen LogP contribution in [0.5, 0.6) is 0 Å². The summed E-state index contributed by atoms with van der Waals surface area (Å²) in [5, 5.41) is 21.4. The van der Waals surface area contributed by atoms with Gasteiger partial charge in [0.25, 0.3) is 0 Å². The van der Waals surface area contributed by atoms with Crippen molar-refractivity contribution < 1.29 is 10.2 Å².